The van der Waals surface area contributed by atoms with E-state index in [1.807, 2.05) is 43.5 Å². The molecule has 34 heavy (non-hydrogen) atoms. The smallest absolute Gasteiger partial charge is 0.231 e. The molecular formula is C26H25FN4O3. The maximum atomic E-state index is 13.4. The first kappa shape index (κ1) is 21.9. The Morgan fingerprint density at radius 1 is 1.06 bits per heavy atom. The van der Waals surface area contributed by atoms with E-state index in [9.17, 15) is 9.18 Å². The van der Waals surface area contributed by atoms with Gasteiger partial charge < -0.3 is 14.8 Å². The second-order valence-electron chi connectivity index (χ2n) is 8.43. The molecule has 1 amide bonds. The maximum Gasteiger partial charge on any atom is 0.231 e. The molecule has 1 aliphatic rings. The first-order chi connectivity index (χ1) is 16.4. The van der Waals surface area contributed by atoms with E-state index in [2.05, 4.69) is 10.4 Å². The van der Waals surface area contributed by atoms with Crippen molar-refractivity contribution in [3.8, 4) is 22.6 Å². The number of benzene rings is 2. The van der Waals surface area contributed by atoms with E-state index in [-0.39, 0.29) is 18.5 Å². The third kappa shape index (κ3) is 4.07. The van der Waals surface area contributed by atoms with Crippen LogP contribution in [0.4, 0.5) is 4.39 Å². The fourth-order valence-corrected chi connectivity index (χ4v) is 4.36. The second-order valence-corrected chi connectivity index (χ2v) is 8.43. The zero-order valence-electron chi connectivity index (χ0n) is 19.3. The summed E-state index contributed by atoms with van der Waals surface area (Å²) in [6.45, 7) is 6.50. The standard InChI is InChI=1S/C26H25FN4O3/c1-15-21(9-11-24(32)28-13-18-4-10-22-23(12-18)34-14-33-22)17(3)31-26(29-15)25(16(2)30-31)19-5-7-20(27)8-6-19/h4-8,10,12H,9,11,13-14H2,1-3H3,(H,28,32). The van der Waals surface area contributed by atoms with Crippen LogP contribution in [0, 0.1) is 26.6 Å². The number of nitrogens with one attached hydrogen (secondary N) is 1. The number of hydrogen-bond donors (Lipinski definition) is 1. The van der Waals surface area contributed by atoms with Crippen LogP contribution in [0.15, 0.2) is 42.5 Å². The number of carbonyl (C=O) groups excluding carboxylic acids is 1. The molecule has 0 atom stereocenters. The van der Waals surface area contributed by atoms with Gasteiger partial charge in [-0.3, -0.25) is 4.79 Å². The van der Waals surface area contributed by atoms with E-state index in [0.29, 0.717) is 25.1 Å². The molecule has 174 valence electrons. The summed E-state index contributed by atoms with van der Waals surface area (Å²) in [5, 5.41) is 7.65. The Bertz CT molecular complexity index is 1400. The molecule has 0 unspecified atom stereocenters. The van der Waals surface area contributed by atoms with Crippen molar-refractivity contribution in [1.29, 1.82) is 0 Å². The van der Waals surface area contributed by atoms with Crippen molar-refractivity contribution in [2.45, 2.75) is 40.2 Å². The number of ether oxygens (including phenoxy) is 2. The molecule has 0 spiro atoms. The molecule has 0 aliphatic carbocycles. The highest BCUT2D eigenvalue weighted by atomic mass is 19.1. The Morgan fingerprint density at radius 2 is 1.82 bits per heavy atom. The summed E-state index contributed by atoms with van der Waals surface area (Å²) < 4.78 is 25.9. The third-order valence-electron chi connectivity index (χ3n) is 6.16. The SMILES string of the molecule is Cc1nc2c(-c3ccc(F)cc3)c(C)nn2c(C)c1CCC(=O)NCc1ccc2c(c1)OCO2. The summed E-state index contributed by atoms with van der Waals surface area (Å²) >= 11 is 0. The third-order valence-corrected chi connectivity index (χ3v) is 6.16. The van der Waals surface area contributed by atoms with E-state index < -0.39 is 0 Å². The molecule has 1 aliphatic heterocycles. The van der Waals surface area contributed by atoms with Crippen LogP contribution in [-0.2, 0) is 17.8 Å². The van der Waals surface area contributed by atoms with Crippen molar-refractivity contribution in [3.63, 3.8) is 0 Å². The van der Waals surface area contributed by atoms with Crippen LogP contribution in [0.25, 0.3) is 16.8 Å². The minimum atomic E-state index is -0.280. The van der Waals surface area contributed by atoms with E-state index in [1.54, 1.807) is 12.1 Å². The normalized spacial score (nSPS) is 12.4. The molecule has 0 fully saturated rings. The second kappa shape index (κ2) is 8.78. The first-order valence-electron chi connectivity index (χ1n) is 11.2. The molecule has 4 aromatic rings. The first-order valence-corrected chi connectivity index (χ1v) is 11.2. The van der Waals surface area contributed by atoms with Gasteiger partial charge in [-0.15, -0.1) is 0 Å². The highest BCUT2D eigenvalue weighted by Gasteiger charge is 2.19. The molecule has 0 saturated heterocycles. The van der Waals surface area contributed by atoms with Crippen LogP contribution in [-0.4, -0.2) is 27.3 Å². The van der Waals surface area contributed by atoms with Gasteiger partial charge in [0, 0.05) is 29.9 Å². The van der Waals surface area contributed by atoms with Crippen molar-refractivity contribution < 1.29 is 18.7 Å². The molecule has 2 aromatic carbocycles. The quantitative estimate of drug-likeness (QED) is 0.460. The number of amides is 1. The molecule has 7 nitrogen and oxygen atoms in total. The molecule has 0 saturated carbocycles. The van der Waals surface area contributed by atoms with Gasteiger partial charge in [0.25, 0.3) is 0 Å². The Morgan fingerprint density at radius 3 is 2.62 bits per heavy atom. The van der Waals surface area contributed by atoms with Gasteiger partial charge in [0.2, 0.25) is 12.7 Å². The largest absolute Gasteiger partial charge is 0.454 e. The van der Waals surface area contributed by atoms with Crippen LogP contribution in [0.1, 0.15) is 34.6 Å². The number of aromatic nitrogens is 3. The number of fused-ring (bicyclic) bond motifs is 2. The summed E-state index contributed by atoms with van der Waals surface area (Å²) in [7, 11) is 0. The maximum absolute atomic E-state index is 13.4. The monoisotopic (exact) mass is 460 g/mol. The lowest BCUT2D eigenvalue weighted by Gasteiger charge is -2.12. The van der Waals surface area contributed by atoms with Crippen molar-refractivity contribution in [2.24, 2.45) is 0 Å². The Kier molecular flexibility index (Phi) is 5.65. The van der Waals surface area contributed by atoms with E-state index in [4.69, 9.17) is 14.5 Å². The number of hydrogen-bond acceptors (Lipinski definition) is 5. The summed E-state index contributed by atoms with van der Waals surface area (Å²) in [5.41, 5.74) is 7.07. The Balaban J connectivity index is 1.31. The predicted molar refractivity (Wildman–Crippen MR) is 125 cm³/mol. The predicted octanol–water partition coefficient (Wildman–Crippen LogP) is 4.44. The van der Waals surface area contributed by atoms with Crippen molar-refractivity contribution in [3.05, 3.63) is 76.5 Å². The van der Waals surface area contributed by atoms with Crippen molar-refractivity contribution in [1.82, 2.24) is 19.9 Å². The number of rotatable bonds is 6. The van der Waals surface area contributed by atoms with E-state index in [0.717, 1.165) is 50.7 Å². The zero-order valence-corrected chi connectivity index (χ0v) is 19.3. The van der Waals surface area contributed by atoms with Gasteiger partial charge in [0.05, 0.1) is 5.69 Å². The zero-order chi connectivity index (χ0) is 23.8. The van der Waals surface area contributed by atoms with Gasteiger partial charge in [-0.05, 0) is 68.1 Å². The van der Waals surface area contributed by atoms with Gasteiger partial charge in [0.1, 0.15) is 5.82 Å². The fourth-order valence-electron chi connectivity index (χ4n) is 4.36. The number of aryl methyl sites for hydroxylation is 3. The molecular weight excluding hydrogens is 435 g/mol. The highest BCUT2D eigenvalue weighted by molar-refractivity contribution is 5.80. The van der Waals surface area contributed by atoms with Crippen LogP contribution in [0.5, 0.6) is 11.5 Å². The van der Waals surface area contributed by atoms with Gasteiger partial charge in [-0.1, -0.05) is 18.2 Å². The van der Waals surface area contributed by atoms with Crippen LogP contribution >= 0.6 is 0 Å². The molecule has 0 bridgehead atoms. The molecule has 0 radical (unpaired) electrons. The Labute approximate surface area is 196 Å². The van der Waals surface area contributed by atoms with Gasteiger partial charge >= 0.3 is 0 Å². The minimum absolute atomic E-state index is 0.0415. The molecule has 1 N–H and O–H groups in total. The van der Waals surface area contributed by atoms with Gasteiger partial charge in [-0.2, -0.15) is 5.10 Å². The molecule has 5 rings (SSSR count). The van der Waals surface area contributed by atoms with Crippen LogP contribution in [0.3, 0.4) is 0 Å². The number of halogens is 1. The lowest BCUT2D eigenvalue weighted by atomic mass is 10.0. The topological polar surface area (TPSA) is 77.8 Å². The van der Waals surface area contributed by atoms with Gasteiger partial charge in [0.15, 0.2) is 17.1 Å². The number of nitrogens with zero attached hydrogens (tertiary/aromatic N) is 3. The summed E-state index contributed by atoms with van der Waals surface area (Å²) in [4.78, 5) is 17.3. The molecule has 2 aromatic heterocycles. The van der Waals surface area contributed by atoms with Crippen LogP contribution in [0.2, 0.25) is 0 Å². The van der Waals surface area contributed by atoms with Crippen molar-refractivity contribution in [2.75, 3.05) is 6.79 Å². The lowest BCUT2D eigenvalue weighted by molar-refractivity contribution is -0.121. The average molecular weight is 461 g/mol. The average Bonchev–Trinajstić information content (AvgIpc) is 3.42. The van der Waals surface area contributed by atoms with Gasteiger partial charge in [-0.25, -0.2) is 13.9 Å². The summed E-state index contributed by atoms with van der Waals surface area (Å²) in [5.74, 6) is 1.10. The molecule has 3 heterocycles. The summed E-state index contributed by atoms with van der Waals surface area (Å²) in [6, 6.07) is 12.0. The lowest BCUT2D eigenvalue weighted by Crippen LogP contribution is -2.23. The van der Waals surface area contributed by atoms with E-state index in [1.165, 1.54) is 12.1 Å². The number of carbonyl (C=O) groups is 1. The molecule has 8 heteroatoms. The highest BCUT2D eigenvalue weighted by Crippen LogP contribution is 2.32. The van der Waals surface area contributed by atoms with Crippen LogP contribution < -0.4 is 14.8 Å². The summed E-state index contributed by atoms with van der Waals surface area (Å²) in [6.07, 6.45) is 0.892. The Hall–Kier alpha value is -3.94. The van der Waals surface area contributed by atoms with Crippen molar-refractivity contribution >= 4 is 11.6 Å². The van der Waals surface area contributed by atoms with E-state index >= 15 is 0 Å². The minimum Gasteiger partial charge on any atom is -0.454 e. The fraction of sp³-hybridized carbons (Fsp3) is 0.269.